The van der Waals surface area contributed by atoms with Crippen LogP contribution in [0.4, 0.5) is 11.5 Å². The predicted octanol–water partition coefficient (Wildman–Crippen LogP) is 3.43. The number of likely N-dealkylation sites (N-methyl/N-ethyl adjacent to an activating group) is 2. The van der Waals surface area contributed by atoms with Gasteiger partial charge in [0.05, 0.1) is 5.56 Å². The average Bonchev–Trinajstić information content (AvgIpc) is 3.52. The predicted molar refractivity (Wildman–Crippen MR) is 146 cm³/mol. The van der Waals surface area contributed by atoms with E-state index >= 15 is 0 Å². The minimum Gasteiger partial charge on any atom is -0.342 e. The zero-order valence-electron chi connectivity index (χ0n) is 22.9. The van der Waals surface area contributed by atoms with Crippen molar-refractivity contribution in [3.8, 4) is 6.07 Å². The van der Waals surface area contributed by atoms with Crippen LogP contribution in [0.2, 0.25) is 0 Å². The van der Waals surface area contributed by atoms with Crippen molar-refractivity contribution in [2.75, 3.05) is 43.0 Å². The fraction of sp³-hybridized carbons (Fsp3) is 0.517. The zero-order chi connectivity index (χ0) is 26.9. The lowest BCUT2D eigenvalue weighted by Gasteiger charge is -2.31. The maximum Gasteiger partial charge on any atom is 0.249 e. The molecule has 2 aliphatic rings. The van der Waals surface area contributed by atoms with Gasteiger partial charge >= 0.3 is 0 Å². The third-order valence-electron chi connectivity index (χ3n) is 7.93. The first-order valence-electron chi connectivity index (χ1n) is 13.1. The maximum atomic E-state index is 14.2. The molecule has 2 saturated heterocycles. The lowest BCUT2D eigenvalue weighted by atomic mass is 10.1. The SMILES string of the molecule is CCN(C(=O)[C@@H]1C[C@H](N(C)C2CCN(C(C)=O)C2)CN1c1nc(C)cc(C)c1C#N)c1cccc(C)c1. The molecule has 37 heavy (non-hydrogen) atoms. The zero-order valence-corrected chi connectivity index (χ0v) is 22.9. The van der Waals surface area contributed by atoms with Crippen LogP contribution in [0.1, 0.15) is 49.1 Å². The summed E-state index contributed by atoms with van der Waals surface area (Å²) in [6, 6.07) is 12.2. The summed E-state index contributed by atoms with van der Waals surface area (Å²) in [5, 5.41) is 10.0. The van der Waals surface area contributed by atoms with Crippen LogP contribution >= 0.6 is 0 Å². The summed E-state index contributed by atoms with van der Waals surface area (Å²) >= 11 is 0. The molecule has 3 atom stereocenters. The number of amides is 2. The molecule has 4 rings (SSSR count). The Morgan fingerprint density at radius 3 is 2.54 bits per heavy atom. The van der Waals surface area contributed by atoms with Crippen molar-refractivity contribution in [2.45, 2.75) is 65.6 Å². The molecular weight excluding hydrogens is 464 g/mol. The van der Waals surface area contributed by atoms with Crippen molar-refractivity contribution in [1.29, 1.82) is 5.26 Å². The van der Waals surface area contributed by atoms with Gasteiger partial charge in [-0.3, -0.25) is 14.5 Å². The first-order chi connectivity index (χ1) is 17.6. The number of hydrogen-bond acceptors (Lipinski definition) is 6. The van der Waals surface area contributed by atoms with Crippen LogP contribution in [0, 0.1) is 32.1 Å². The number of anilines is 2. The second-order valence-electron chi connectivity index (χ2n) is 10.4. The normalized spacial score (nSPS) is 21.4. The summed E-state index contributed by atoms with van der Waals surface area (Å²) < 4.78 is 0. The molecule has 2 fully saturated rings. The molecule has 2 aliphatic heterocycles. The molecule has 0 spiro atoms. The van der Waals surface area contributed by atoms with Gasteiger partial charge in [-0.2, -0.15) is 5.26 Å². The van der Waals surface area contributed by atoms with Gasteiger partial charge in [-0.15, -0.1) is 0 Å². The van der Waals surface area contributed by atoms with E-state index in [-0.39, 0.29) is 23.9 Å². The van der Waals surface area contributed by atoms with E-state index in [4.69, 9.17) is 4.98 Å². The molecular formula is C29H38N6O2. The molecule has 0 saturated carbocycles. The Morgan fingerprint density at radius 1 is 1.16 bits per heavy atom. The molecule has 3 heterocycles. The van der Waals surface area contributed by atoms with E-state index in [2.05, 4.69) is 22.9 Å². The summed E-state index contributed by atoms with van der Waals surface area (Å²) in [7, 11) is 2.10. The number of nitriles is 1. The van der Waals surface area contributed by atoms with Crippen LogP contribution in [0.3, 0.4) is 0 Å². The summed E-state index contributed by atoms with van der Waals surface area (Å²) in [5.41, 5.74) is 4.20. The van der Waals surface area contributed by atoms with E-state index in [9.17, 15) is 14.9 Å². The van der Waals surface area contributed by atoms with Crippen LogP contribution in [-0.2, 0) is 9.59 Å². The summed E-state index contributed by atoms with van der Waals surface area (Å²) in [6.45, 7) is 12.1. The minimum absolute atomic E-state index is 0.0191. The second-order valence-corrected chi connectivity index (χ2v) is 10.4. The lowest BCUT2D eigenvalue weighted by Crippen LogP contribution is -2.46. The van der Waals surface area contributed by atoms with Gasteiger partial charge in [0.2, 0.25) is 11.8 Å². The van der Waals surface area contributed by atoms with Crippen molar-refractivity contribution in [2.24, 2.45) is 0 Å². The smallest absolute Gasteiger partial charge is 0.249 e. The van der Waals surface area contributed by atoms with Gasteiger partial charge in [0.1, 0.15) is 17.9 Å². The Bertz CT molecular complexity index is 1220. The monoisotopic (exact) mass is 502 g/mol. The molecule has 1 aromatic heterocycles. The summed E-state index contributed by atoms with van der Waals surface area (Å²) in [6.07, 6.45) is 1.55. The van der Waals surface area contributed by atoms with Gasteiger partial charge in [-0.1, -0.05) is 12.1 Å². The van der Waals surface area contributed by atoms with Crippen LogP contribution in [0.15, 0.2) is 30.3 Å². The first kappa shape index (κ1) is 26.6. The van der Waals surface area contributed by atoms with E-state index in [0.717, 1.165) is 35.5 Å². The molecule has 196 valence electrons. The van der Waals surface area contributed by atoms with E-state index in [1.807, 2.05) is 67.8 Å². The van der Waals surface area contributed by atoms with Crippen molar-refractivity contribution >= 4 is 23.3 Å². The second kappa shape index (κ2) is 10.9. The number of carbonyl (C=O) groups is 2. The number of hydrogen-bond donors (Lipinski definition) is 0. The molecule has 0 bridgehead atoms. The Balaban J connectivity index is 1.70. The standard InChI is InChI=1S/C29H38N6O2/c1-7-34(23-10-8-9-19(2)13-23)29(37)27-15-25(32(6)24-11-12-33(17-24)22(5)36)18-35(27)28-26(16-30)20(3)14-21(4)31-28/h8-10,13-14,24-25,27H,7,11-12,15,17-18H2,1-6H3/t24?,25-,27-/m0/s1. The molecule has 8 nitrogen and oxygen atoms in total. The van der Waals surface area contributed by atoms with Crippen LogP contribution in [-0.4, -0.2) is 78.0 Å². The van der Waals surface area contributed by atoms with E-state index in [1.165, 1.54) is 0 Å². The quantitative estimate of drug-likeness (QED) is 0.602. The topological polar surface area (TPSA) is 83.8 Å². The van der Waals surface area contributed by atoms with Crippen molar-refractivity contribution in [1.82, 2.24) is 14.8 Å². The van der Waals surface area contributed by atoms with E-state index in [1.54, 1.807) is 6.92 Å². The Morgan fingerprint density at radius 2 is 1.92 bits per heavy atom. The summed E-state index contributed by atoms with van der Waals surface area (Å²) in [5.74, 6) is 0.712. The van der Waals surface area contributed by atoms with Gasteiger partial charge < -0.3 is 14.7 Å². The minimum atomic E-state index is -0.445. The van der Waals surface area contributed by atoms with Gasteiger partial charge in [-0.05, 0) is 76.9 Å². The van der Waals surface area contributed by atoms with Crippen LogP contribution in [0.5, 0.6) is 0 Å². The number of benzene rings is 1. The highest BCUT2D eigenvalue weighted by molar-refractivity contribution is 5.99. The number of carbonyl (C=O) groups excluding carboxylic acids is 2. The van der Waals surface area contributed by atoms with Crippen LogP contribution in [0.25, 0.3) is 0 Å². The Hall–Kier alpha value is -3.44. The molecule has 2 aromatic rings. The van der Waals surface area contributed by atoms with E-state index in [0.29, 0.717) is 37.4 Å². The first-order valence-corrected chi connectivity index (χ1v) is 13.1. The highest BCUT2D eigenvalue weighted by Crippen LogP contribution is 2.34. The van der Waals surface area contributed by atoms with E-state index < -0.39 is 6.04 Å². The average molecular weight is 503 g/mol. The fourth-order valence-corrected chi connectivity index (χ4v) is 5.84. The Kier molecular flexibility index (Phi) is 7.84. The van der Waals surface area contributed by atoms with Gasteiger partial charge in [0.25, 0.3) is 0 Å². The van der Waals surface area contributed by atoms with Crippen molar-refractivity contribution < 1.29 is 9.59 Å². The molecule has 0 N–H and O–H groups in total. The highest BCUT2D eigenvalue weighted by Gasteiger charge is 2.44. The number of aromatic nitrogens is 1. The van der Waals surface area contributed by atoms with Crippen molar-refractivity contribution in [3.63, 3.8) is 0 Å². The van der Waals surface area contributed by atoms with Gasteiger partial charge in [0, 0.05) is 56.6 Å². The third-order valence-corrected chi connectivity index (χ3v) is 7.93. The highest BCUT2D eigenvalue weighted by atomic mass is 16.2. The van der Waals surface area contributed by atoms with Gasteiger partial charge in [-0.25, -0.2) is 4.98 Å². The summed E-state index contributed by atoms with van der Waals surface area (Å²) in [4.78, 5) is 39.0. The van der Waals surface area contributed by atoms with Crippen molar-refractivity contribution in [3.05, 3.63) is 52.7 Å². The lowest BCUT2D eigenvalue weighted by molar-refractivity contribution is -0.128. The Labute approximate surface area is 220 Å². The molecule has 1 unspecified atom stereocenters. The third kappa shape index (κ3) is 5.33. The number of aryl methyl sites for hydroxylation is 3. The molecule has 8 heteroatoms. The maximum absolute atomic E-state index is 14.2. The van der Waals surface area contributed by atoms with Gasteiger partial charge in [0.15, 0.2) is 0 Å². The fourth-order valence-electron chi connectivity index (χ4n) is 5.84. The molecule has 0 aliphatic carbocycles. The number of pyridine rings is 1. The molecule has 2 amide bonds. The number of rotatable bonds is 6. The number of likely N-dealkylation sites (tertiary alicyclic amines) is 1. The number of nitrogens with zero attached hydrogens (tertiary/aromatic N) is 6. The largest absolute Gasteiger partial charge is 0.342 e. The van der Waals surface area contributed by atoms with Crippen LogP contribution < -0.4 is 9.80 Å². The molecule has 0 radical (unpaired) electrons. The molecule has 1 aromatic carbocycles.